The number of hydrogen-bond acceptors (Lipinski definition) is 1. The van der Waals surface area contributed by atoms with E-state index in [1.165, 1.54) is 146 Å². The average molecular weight is 507 g/mol. The van der Waals surface area contributed by atoms with E-state index in [1.54, 1.807) is 6.26 Å². The van der Waals surface area contributed by atoms with E-state index in [2.05, 4.69) is 67.6 Å². The summed E-state index contributed by atoms with van der Waals surface area (Å²) >= 11 is 0. The number of fused-ring (bicyclic) bond motifs is 6. The molecule has 1 nitrogen and oxygen atoms in total. The molecule has 0 fully saturated rings. The molecule has 0 aliphatic heterocycles. The van der Waals surface area contributed by atoms with Crippen molar-refractivity contribution in [1.29, 1.82) is 0 Å². The molecule has 5 rings (SSSR count). The number of rotatable bonds is 16. The van der Waals surface area contributed by atoms with Gasteiger partial charge in [0.2, 0.25) is 0 Å². The lowest BCUT2D eigenvalue weighted by Crippen LogP contribution is -1.88. The molecule has 38 heavy (non-hydrogen) atoms. The van der Waals surface area contributed by atoms with E-state index in [1.807, 2.05) is 0 Å². The maximum Gasteiger partial charge on any atom is 0.134 e. The van der Waals surface area contributed by atoms with Gasteiger partial charge in [0.05, 0.1) is 6.26 Å². The molecule has 5 aromatic rings. The number of hydrogen-bond donors (Lipinski definition) is 0. The highest BCUT2D eigenvalue weighted by atomic mass is 16.3. The van der Waals surface area contributed by atoms with Crippen molar-refractivity contribution < 1.29 is 4.42 Å². The fourth-order valence-corrected chi connectivity index (χ4v) is 6.25. The minimum absolute atomic E-state index is 0.959. The first-order valence-electron chi connectivity index (χ1n) is 15.6. The van der Waals surface area contributed by atoms with Crippen molar-refractivity contribution in [1.82, 2.24) is 0 Å². The molecule has 0 saturated heterocycles. The van der Waals surface area contributed by atoms with Crippen molar-refractivity contribution in [3.63, 3.8) is 0 Å². The van der Waals surface area contributed by atoms with Gasteiger partial charge in [-0.15, -0.1) is 0 Å². The Morgan fingerprint density at radius 2 is 1.05 bits per heavy atom. The van der Waals surface area contributed by atoms with Crippen LogP contribution in [-0.4, -0.2) is 0 Å². The van der Waals surface area contributed by atoms with Gasteiger partial charge in [-0.05, 0) is 75.0 Å². The Morgan fingerprint density at radius 1 is 0.447 bits per heavy atom. The van der Waals surface area contributed by atoms with Crippen molar-refractivity contribution in [2.75, 3.05) is 0 Å². The van der Waals surface area contributed by atoms with Crippen LogP contribution >= 0.6 is 0 Å². The van der Waals surface area contributed by atoms with E-state index < -0.39 is 0 Å². The zero-order valence-electron chi connectivity index (χ0n) is 23.6. The Kier molecular flexibility index (Phi) is 9.75. The molecule has 200 valence electrons. The normalized spacial score (nSPS) is 11.9. The molecule has 0 radical (unpaired) electrons. The lowest BCUT2D eigenvalue weighted by atomic mass is 9.95. The van der Waals surface area contributed by atoms with Crippen LogP contribution in [0.15, 0.2) is 71.3 Å². The minimum atomic E-state index is 0.959. The summed E-state index contributed by atoms with van der Waals surface area (Å²) in [5.41, 5.74) is 2.44. The lowest BCUT2D eigenvalue weighted by Gasteiger charge is -2.09. The Morgan fingerprint density at radius 3 is 1.76 bits per heavy atom. The van der Waals surface area contributed by atoms with Gasteiger partial charge in [-0.3, -0.25) is 0 Å². The van der Waals surface area contributed by atoms with E-state index in [0.29, 0.717) is 0 Å². The second kappa shape index (κ2) is 13.8. The summed E-state index contributed by atoms with van der Waals surface area (Å²) in [7, 11) is 0. The molecule has 1 heterocycles. The van der Waals surface area contributed by atoms with Gasteiger partial charge in [0.1, 0.15) is 5.58 Å². The summed E-state index contributed by atoms with van der Waals surface area (Å²) in [5.74, 6) is 0. The van der Waals surface area contributed by atoms with Crippen molar-refractivity contribution in [2.24, 2.45) is 0 Å². The molecule has 1 aromatic heterocycles. The molecule has 0 atom stereocenters. The quantitative estimate of drug-likeness (QED) is 0.0736. The van der Waals surface area contributed by atoms with Crippen LogP contribution in [0.1, 0.15) is 109 Å². The predicted octanol–water partition coefficient (Wildman–Crippen LogP) is 12.3. The van der Waals surface area contributed by atoms with Crippen molar-refractivity contribution >= 4 is 43.3 Å². The Hall–Kier alpha value is -2.80. The summed E-state index contributed by atoms with van der Waals surface area (Å²) in [6.07, 6.45) is 24.3. The molecular weight excluding hydrogens is 460 g/mol. The van der Waals surface area contributed by atoms with Gasteiger partial charge in [0.15, 0.2) is 0 Å². The highest BCUT2D eigenvalue weighted by Gasteiger charge is 2.08. The fourth-order valence-electron chi connectivity index (χ4n) is 6.25. The SMILES string of the molecule is CCCCCCCCCCCCCCCCCc1ccc2cc3c(ccc4c5ccoc5ccc34)cc2c1. The zero-order chi connectivity index (χ0) is 26.0. The highest BCUT2D eigenvalue weighted by Crippen LogP contribution is 2.34. The molecule has 0 N–H and O–H groups in total. The monoisotopic (exact) mass is 506 g/mol. The lowest BCUT2D eigenvalue weighted by molar-refractivity contribution is 0.532. The van der Waals surface area contributed by atoms with Crippen LogP contribution in [0.2, 0.25) is 0 Å². The van der Waals surface area contributed by atoms with Crippen molar-refractivity contribution in [2.45, 2.75) is 110 Å². The standard InChI is InChI=1S/C37H46O/c1-2-3-4-5-6-7-8-9-10-11-12-13-14-15-16-17-29-18-19-30-28-36-31(27-32(30)26-29)20-21-33-34(36)22-23-37-35(33)24-25-38-37/h18-28H,2-17H2,1H3. The summed E-state index contributed by atoms with van der Waals surface area (Å²) in [6, 6.07) is 22.7. The van der Waals surface area contributed by atoms with E-state index in [-0.39, 0.29) is 0 Å². The van der Waals surface area contributed by atoms with Gasteiger partial charge in [0.25, 0.3) is 0 Å². The fraction of sp³-hybridized carbons (Fsp3) is 0.459. The summed E-state index contributed by atoms with van der Waals surface area (Å²) < 4.78 is 5.61. The zero-order valence-corrected chi connectivity index (χ0v) is 23.6. The number of aryl methyl sites for hydroxylation is 1. The van der Waals surface area contributed by atoms with E-state index >= 15 is 0 Å². The van der Waals surface area contributed by atoms with E-state index in [4.69, 9.17) is 4.42 Å². The van der Waals surface area contributed by atoms with Crippen LogP contribution in [0, 0.1) is 0 Å². The maximum absolute atomic E-state index is 5.61. The van der Waals surface area contributed by atoms with Crippen LogP contribution in [0.25, 0.3) is 43.3 Å². The van der Waals surface area contributed by atoms with Gasteiger partial charge in [-0.2, -0.15) is 0 Å². The molecule has 0 aliphatic carbocycles. The van der Waals surface area contributed by atoms with Crippen LogP contribution in [0.5, 0.6) is 0 Å². The highest BCUT2D eigenvalue weighted by molar-refractivity contribution is 6.18. The smallest absolute Gasteiger partial charge is 0.134 e. The third-order valence-electron chi connectivity index (χ3n) is 8.54. The van der Waals surface area contributed by atoms with Crippen molar-refractivity contribution in [3.8, 4) is 0 Å². The van der Waals surface area contributed by atoms with Crippen LogP contribution in [-0.2, 0) is 6.42 Å². The number of unbranched alkanes of at least 4 members (excludes halogenated alkanes) is 14. The molecule has 0 amide bonds. The molecule has 4 aromatic carbocycles. The molecule has 1 heteroatoms. The average Bonchev–Trinajstić information content (AvgIpc) is 3.43. The maximum atomic E-state index is 5.61. The Labute approximate surface area is 229 Å². The van der Waals surface area contributed by atoms with E-state index in [9.17, 15) is 0 Å². The second-order valence-electron chi connectivity index (χ2n) is 11.5. The largest absolute Gasteiger partial charge is 0.464 e. The second-order valence-corrected chi connectivity index (χ2v) is 11.5. The predicted molar refractivity (Wildman–Crippen MR) is 167 cm³/mol. The molecule has 0 bridgehead atoms. The van der Waals surface area contributed by atoms with Crippen LogP contribution < -0.4 is 0 Å². The van der Waals surface area contributed by atoms with Crippen LogP contribution in [0.3, 0.4) is 0 Å². The third kappa shape index (κ3) is 6.79. The first kappa shape index (κ1) is 26.8. The topological polar surface area (TPSA) is 13.1 Å². The Balaban J connectivity index is 1.04. The number of furan rings is 1. The molecule has 0 aliphatic rings. The minimum Gasteiger partial charge on any atom is -0.464 e. The summed E-state index contributed by atoms with van der Waals surface area (Å²) in [4.78, 5) is 0. The van der Waals surface area contributed by atoms with Gasteiger partial charge in [-0.25, -0.2) is 0 Å². The molecule has 0 unspecified atom stereocenters. The Bertz CT molecular complexity index is 1440. The third-order valence-corrected chi connectivity index (χ3v) is 8.54. The van der Waals surface area contributed by atoms with E-state index in [0.717, 1.165) is 5.58 Å². The number of benzene rings is 4. The summed E-state index contributed by atoms with van der Waals surface area (Å²) in [6.45, 7) is 2.30. The first-order valence-corrected chi connectivity index (χ1v) is 15.6. The summed E-state index contributed by atoms with van der Waals surface area (Å²) in [5, 5.41) is 9.11. The molecular formula is C37H46O. The van der Waals surface area contributed by atoms with Crippen molar-refractivity contribution in [3.05, 3.63) is 72.5 Å². The molecule has 0 saturated carbocycles. The first-order chi connectivity index (χ1) is 18.8. The van der Waals surface area contributed by atoms with Gasteiger partial charge in [0, 0.05) is 5.39 Å². The van der Waals surface area contributed by atoms with Gasteiger partial charge < -0.3 is 4.42 Å². The van der Waals surface area contributed by atoms with Gasteiger partial charge >= 0.3 is 0 Å². The van der Waals surface area contributed by atoms with Gasteiger partial charge in [-0.1, -0.05) is 133 Å². The molecule has 0 spiro atoms. The van der Waals surface area contributed by atoms with Crippen LogP contribution in [0.4, 0.5) is 0 Å².